The number of hydrogen-bond donors (Lipinski definition) is 0. The SMILES string of the molecule is COC1=NN(c2ccc(C)cc2)/C(=C\C2=NCCc3cc(OC)c(OC)cc32)S1. The normalized spacial score (nSPS) is 17.0. The van der Waals surface area contributed by atoms with E-state index in [1.54, 1.807) is 21.3 Å². The van der Waals surface area contributed by atoms with Gasteiger partial charge < -0.3 is 14.2 Å². The van der Waals surface area contributed by atoms with Crippen molar-refractivity contribution in [3.63, 3.8) is 0 Å². The predicted molar refractivity (Wildman–Crippen MR) is 118 cm³/mol. The second-order valence-electron chi connectivity index (χ2n) is 6.68. The lowest BCUT2D eigenvalue weighted by atomic mass is 9.96. The fourth-order valence-corrected chi connectivity index (χ4v) is 4.10. The Kier molecular flexibility index (Phi) is 5.49. The summed E-state index contributed by atoms with van der Waals surface area (Å²) in [5.74, 6) is 1.43. The zero-order valence-corrected chi connectivity index (χ0v) is 17.7. The van der Waals surface area contributed by atoms with Crippen LogP contribution in [0.4, 0.5) is 5.69 Å². The lowest BCUT2D eigenvalue weighted by Crippen LogP contribution is -2.15. The second kappa shape index (κ2) is 8.21. The van der Waals surface area contributed by atoms with Gasteiger partial charge in [-0.1, -0.05) is 17.7 Å². The van der Waals surface area contributed by atoms with Crippen molar-refractivity contribution in [2.45, 2.75) is 13.3 Å². The third kappa shape index (κ3) is 3.82. The quantitative estimate of drug-likeness (QED) is 0.751. The standard InChI is InChI=1S/C22H23N3O3S/c1-14-5-7-16(8-6-14)25-21(29-22(24-25)28-4)13-18-17-12-20(27-3)19(26-2)11-15(17)9-10-23-18/h5-8,11-13H,9-10H2,1-4H3/b21-13+. The Labute approximate surface area is 174 Å². The van der Waals surface area contributed by atoms with Crippen LogP contribution in [0.5, 0.6) is 11.5 Å². The highest BCUT2D eigenvalue weighted by Crippen LogP contribution is 2.37. The van der Waals surface area contributed by atoms with E-state index in [1.807, 2.05) is 17.1 Å². The van der Waals surface area contributed by atoms with Crippen LogP contribution >= 0.6 is 11.8 Å². The van der Waals surface area contributed by atoms with Gasteiger partial charge >= 0.3 is 0 Å². The number of rotatable bonds is 4. The molecule has 0 aromatic heterocycles. The molecule has 0 spiro atoms. The van der Waals surface area contributed by atoms with Gasteiger partial charge in [-0.3, -0.25) is 4.99 Å². The van der Waals surface area contributed by atoms with Crippen molar-refractivity contribution in [1.82, 2.24) is 0 Å². The van der Waals surface area contributed by atoms with Gasteiger partial charge in [-0.15, -0.1) is 5.10 Å². The summed E-state index contributed by atoms with van der Waals surface area (Å²) in [7, 11) is 4.93. The van der Waals surface area contributed by atoms with Crippen molar-refractivity contribution in [2.75, 3.05) is 32.9 Å². The number of aliphatic imine (C=N–C) groups is 1. The van der Waals surface area contributed by atoms with E-state index in [9.17, 15) is 0 Å². The minimum Gasteiger partial charge on any atom is -0.493 e. The van der Waals surface area contributed by atoms with Crippen molar-refractivity contribution >= 4 is 28.4 Å². The molecule has 0 unspecified atom stereocenters. The van der Waals surface area contributed by atoms with Gasteiger partial charge in [-0.2, -0.15) is 0 Å². The Balaban J connectivity index is 1.73. The molecular weight excluding hydrogens is 386 g/mol. The zero-order chi connectivity index (χ0) is 20.4. The molecule has 4 rings (SSSR count). The second-order valence-corrected chi connectivity index (χ2v) is 7.65. The van der Waals surface area contributed by atoms with Gasteiger partial charge in [0.2, 0.25) is 0 Å². The van der Waals surface area contributed by atoms with Gasteiger partial charge in [0.25, 0.3) is 5.23 Å². The number of fused-ring (bicyclic) bond motifs is 1. The maximum atomic E-state index is 5.50. The van der Waals surface area contributed by atoms with Crippen molar-refractivity contribution < 1.29 is 14.2 Å². The molecule has 0 atom stereocenters. The molecule has 0 N–H and O–H groups in total. The Hall–Kier alpha value is -2.93. The van der Waals surface area contributed by atoms with Crippen LogP contribution in [0.1, 0.15) is 16.7 Å². The maximum Gasteiger partial charge on any atom is 0.274 e. The topological polar surface area (TPSA) is 55.7 Å². The molecule has 2 heterocycles. The molecule has 2 aromatic rings. The molecule has 0 fully saturated rings. The monoisotopic (exact) mass is 409 g/mol. The van der Waals surface area contributed by atoms with E-state index in [4.69, 9.17) is 19.2 Å². The highest BCUT2D eigenvalue weighted by molar-refractivity contribution is 8.17. The minimum atomic E-state index is 0.598. The van der Waals surface area contributed by atoms with E-state index in [0.717, 1.165) is 40.7 Å². The van der Waals surface area contributed by atoms with Crippen molar-refractivity contribution in [2.24, 2.45) is 10.1 Å². The lowest BCUT2D eigenvalue weighted by Gasteiger charge is -2.20. The Morgan fingerprint density at radius 1 is 1.00 bits per heavy atom. The summed E-state index contributed by atoms with van der Waals surface area (Å²) in [4.78, 5) is 4.77. The highest BCUT2D eigenvalue weighted by atomic mass is 32.2. The third-order valence-electron chi connectivity index (χ3n) is 4.84. The number of thioether (sulfide) groups is 1. The van der Waals surface area contributed by atoms with Crippen molar-refractivity contribution in [3.8, 4) is 11.5 Å². The van der Waals surface area contributed by atoms with Crippen LogP contribution in [0.25, 0.3) is 0 Å². The lowest BCUT2D eigenvalue weighted by molar-refractivity contribution is 0.354. The van der Waals surface area contributed by atoms with Gasteiger partial charge in [0.1, 0.15) is 5.03 Å². The fraction of sp³-hybridized carbons (Fsp3) is 0.273. The van der Waals surface area contributed by atoms with E-state index in [2.05, 4.69) is 42.4 Å². The number of hydrogen-bond acceptors (Lipinski definition) is 7. The van der Waals surface area contributed by atoms with Crippen molar-refractivity contribution in [1.29, 1.82) is 0 Å². The molecule has 2 aromatic carbocycles. The van der Waals surface area contributed by atoms with E-state index in [-0.39, 0.29) is 0 Å². The summed E-state index contributed by atoms with van der Waals surface area (Å²) in [6.45, 7) is 2.80. The number of ether oxygens (including phenoxy) is 3. The summed E-state index contributed by atoms with van der Waals surface area (Å²) in [5, 5.41) is 8.02. The molecule has 0 aliphatic carbocycles. The largest absolute Gasteiger partial charge is 0.493 e. The predicted octanol–water partition coefficient (Wildman–Crippen LogP) is 4.37. The first-order valence-electron chi connectivity index (χ1n) is 9.31. The van der Waals surface area contributed by atoms with E-state index in [0.29, 0.717) is 11.0 Å². The summed E-state index contributed by atoms with van der Waals surface area (Å²) in [6, 6.07) is 12.3. The summed E-state index contributed by atoms with van der Waals surface area (Å²) < 4.78 is 16.4. The number of anilines is 1. The fourth-order valence-electron chi connectivity index (χ4n) is 3.32. The molecule has 2 aliphatic heterocycles. The average Bonchev–Trinajstić information content (AvgIpc) is 3.16. The first-order valence-corrected chi connectivity index (χ1v) is 10.1. The van der Waals surface area contributed by atoms with Crippen LogP contribution in [0.15, 0.2) is 57.6 Å². The highest BCUT2D eigenvalue weighted by Gasteiger charge is 2.26. The van der Waals surface area contributed by atoms with Gasteiger partial charge in [-0.05, 0) is 61.0 Å². The van der Waals surface area contributed by atoms with Gasteiger partial charge in [0, 0.05) is 12.1 Å². The van der Waals surface area contributed by atoms with Crippen LogP contribution in [0.3, 0.4) is 0 Å². The molecular formula is C22H23N3O3S. The Morgan fingerprint density at radius 3 is 2.41 bits per heavy atom. The smallest absolute Gasteiger partial charge is 0.274 e. The van der Waals surface area contributed by atoms with Crippen LogP contribution < -0.4 is 14.5 Å². The molecule has 0 amide bonds. The molecule has 0 bridgehead atoms. The van der Waals surface area contributed by atoms with Gasteiger partial charge in [0.15, 0.2) is 11.5 Å². The van der Waals surface area contributed by atoms with Crippen LogP contribution in [-0.2, 0) is 11.2 Å². The summed E-state index contributed by atoms with van der Waals surface area (Å²) >= 11 is 1.48. The molecule has 0 radical (unpaired) electrons. The van der Waals surface area contributed by atoms with Gasteiger partial charge in [0.05, 0.1) is 32.7 Å². The summed E-state index contributed by atoms with van der Waals surface area (Å²) in [5.41, 5.74) is 5.33. The van der Waals surface area contributed by atoms with E-state index >= 15 is 0 Å². The Bertz CT molecular complexity index is 1010. The molecule has 150 valence electrons. The van der Waals surface area contributed by atoms with E-state index in [1.165, 1.54) is 22.9 Å². The molecule has 0 saturated carbocycles. The van der Waals surface area contributed by atoms with Crippen molar-refractivity contribution in [3.05, 3.63) is 64.2 Å². The van der Waals surface area contributed by atoms with Gasteiger partial charge in [-0.25, -0.2) is 5.01 Å². The molecule has 6 nitrogen and oxygen atoms in total. The average molecular weight is 410 g/mol. The zero-order valence-electron chi connectivity index (χ0n) is 16.9. The number of aryl methyl sites for hydroxylation is 1. The van der Waals surface area contributed by atoms with E-state index < -0.39 is 0 Å². The first-order chi connectivity index (χ1) is 14.1. The first kappa shape index (κ1) is 19.4. The third-order valence-corrected chi connectivity index (χ3v) is 5.77. The van der Waals surface area contributed by atoms with Crippen LogP contribution in [0.2, 0.25) is 0 Å². The summed E-state index contributed by atoms with van der Waals surface area (Å²) in [6.07, 6.45) is 2.93. The Morgan fingerprint density at radius 2 is 1.72 bits per heavy atom. The number of nitrogens with zero attached hydrogens (tertiary/aromatic N) is 3. The molecule has 7 heteroatoms. The number of hydrazone groups is 1. The minimum absolute atomic E-state index is 0.598. The van der Waals surface area contributed by atoms with Crippen LogP contribution in [0, 0.1) is 6.92 Å². The number of allylic oxidation sites excluding steroid dienone is 1. The molecule has 0 saturated heterocycles. The number of methoxy groups -OCH3 is 3. The molecule has 2 aliphatic rings. The molecule has 29 heavy (non-hydrogen) atoms. The maximum absolute atomic E-state index is 5.50. The number of benzene rings is 2. The van der Waals surface area contributed by atoms with Crippen LogP contribution in [-0.4, -0.2) is 38.8 Å².